The Bertz CT molecular complexity index is 682. The van der Waals surface area contributed by atoms with E-state index in [0.29, 0.717) is 18.7 Å². The summed E-state index contributed by atoms with van der Waals surface area (Å²) < 4.78 is 5.60. The van der Waals surface area contributed by atoms with Crippen LogP contribution in [0.15, 0.2) is 30.5 Å². The quantitative estimate of drug-likeness (QED) is 0.678. The number of Topliss-reactive ketones (excluding diaryl/α,β-unsaturated/α-hetero) is 1. The van der Waals surface area contributed by atoms with Crippen molar-refractivity contribution < 1.29 is 14.3 Å². The average molecular weight is 286 g/mol. The Hall–Kier alpha value is -2.14. The van der Waals surface area contributed by atoms with E-state index in [2.05, 4.69) is 4.98 Å². The molecule has 1 N–H and O–H groups in total. The van der Waals surface area contributed by atoms with Gasteiger partial charge >= 0.3 is 0 Å². The first-order chi connectivity index (χ1) is 10.1. The molecule has 0 saturated carbocycles. The molecule has 1 aliphatic rings. The van der Waals surface area contributed by atoms with E-state index in [1.807, 2.05) is 38.1 Å². The van der Waals surface area contributed by atoms with E-state index >= 15 is 0 Å². The number of morpholine rings is 1. The van der Waals surface area contributed by atoms with Crippen molar-refractivity contribution in [3.05, 3.63) is 36.0 Å². The van der Waals surface area contributed by atoms with Crippen LogP contribution in [-0.2, 0) is 9.53 Å². The third-order valence-electron chi connectivity index (χ3n) is 3.73. The first kappa shape index (κ1) is 13.8. The van der Waals surface area contributed by atoms with E-state index in [1.54, 1.807) is 11.1 Å². The van der Waals surface area contributed by atoms with Crippen molar-refractivity contribution in [2.75, 3.05) is 13.1 Å². The van der Waals surface area contributed by atoms with Gasteiger partial charge in [-0.2, -0.15) is 0 Å². The normalized spacial score (nSPS) is 22.5. The molecule has 0 spiro atoms. The summed E-state index contributed by atoms with van der Waals surface area (Å²) in [6.07, 6.45) is 1.51. The third kappa shape index (κ3) is 2.56. The van der Waals surface area contributed by atoms with E-state index in [-0.39, 0.29) is 12.2 Å². The third-order valence-corrected chi connectivity index (χ3v) is 3.73. The molecule has 2 aromatic rings. The smallest absolute Gasteiger partial charge is 0.295 e. The van der Waals surface area contributed by atoms with Gasteiger partial charge in [-0.1, -0.05) is 18.2 Å². The molecule has 1 aliphatic heterocycles. The number of aromatic amines is 1. The fraction of sp³-hybridized carbons (Fsp3) is 0.375. The number of H-pyrrole nitrogens is 1. The average Bonchev–Trinajstić information content (AvgIpc) is 2.88. The van der Waals surface area contributed by atoms with Crippen molar-refractivity contribution in [1.29, 1.82) is 0 Å². The zero-order chi connectivity index (χ0) is 15.0. The van der Waals surface area contributed by atoms with Crippen LogP contribution in [0.3, 0.4) is 0 Å². The highest BCUT2D eigenvalue weighted by molar-refractivity contribution is 6.44. The van der Waals surface area contributed by atoms with Gasteiger partial charge in [-0.05, 0) is 19.9 Å². The lowest BCUT2D eigenvalue weighted by molar-refractivity contribution is -0.138. The Morgan fingerprint density at radius 1 is 1.19 bits per heavy atom. The molecule has 5 nitrogen and oxygen atoms in total. The monoisotopic (exact) mass is 286 g/mol. The number of aromatic nitrogens is 1. The maximum atomic E-state index is 12.5. The summed E-state index contributed by atoms with van der Waals surface area (Å²) in [5.74, 6) is -0.921. The van der Waals surface area contributed by atoms with Crippen LogP contribution in [0.2, 0.25) is 0 Å². The molecule has 2 atom stereocenters. The van der Waals surface area contributed by atoms with E-state index in [9.17, 15) is 9.59 Å². The van der Waals surface area contributed by atoms with Gasteiger partial charge in [0, 0.05) is 30.2 Å². The molecule has 3 rings (SSSR count). The molecule has 2 heterocycles. The molecule has 110 valence electrons. The number of ketones is 1. The summed E-state index contributed by atoms with van der Waals surface area (Å²) in [5.41, 5.74) is 1.29. The number of amides is 1. The van der Waals surface area contributed by atoms with Crippen molar-refractivity contribution in [2.24, 2.45) is 0 Å². The van der Waals surface area contributed by atoms with Crippen LogP contribution in [0.25, 0.3) is 10.9 Å². The van der Waals surface area contributed by atoms with Crippen LogP contribution in [0.4, 0.5) is 0 Å². The number of para-hydroxylation sites is 1. The molecule has 21 heavy (non-hydrogen) atoms. The minimum absolute atomic E-state index is 0.0477. The van der Waals surface area contributed by atoms with Crippen LogP contribution in [0, 0.1) is 0 Å². The number of nitrogens with zero attached hydrogens (tertiary/aromatic N) is 1. The van der Waals surface area contributed by atoms with E-state index in [0.717, 1.165) is 10.9 Å². The SMILES string of the molecule is CC1CN(C(=O)C(=O)c2c[nH]c3ccccc23)CC(C)O1. The Labute approximate surface area is 122 Å². The number of nitrogens with one attached hydrogen (secondary N) is 1. The predicted molar refractivity (Wildman–Crippen MR) is 79.2 cm³/mol. The number of hydrogen-bond acceptors (Lipinski definition) is 3. The Balaban J connectivity index is 1.86. The van der Waals surface area contributed by atoms with Crippen molar-refractivity contribution in [2.45, 2.75) is 26.1 Å². The van der Waals surface area contributed by atoms with Crippen LogP contribution in [0.5, 0.6) is 0 Å². The zero-order valence-corrected chi connectivity index (χ0v) is 12.1. The number of rotatable bonds is 2. The Kier molecular flexibility index (Phi) is 3.51. The van der Waals surface area contributed by atoms with Gasteiger partial charge < -0.3 is 14.6 Å². The first-order valence-electron chi connectivity index (χ1n) is 7.11. The minimum atomic E-state index is -0.464. The molecule has 2 unspecified atom stereocenters. The molecule has 1 fully saturated rings. The number of carbonyl (C=O) groups is 2. The van der Waals surface area contributed by atoms with Crippen LogP contribution < -0.4 is 0 Å². The van der Waals surface area contributed by atoms with Gasteiger partial charge in [0.15, 0.2) is 0 Å². The molecule has 0 radical (unpaired) electrons. The first-order valence-corrected chi connectivity index (χ1v) is 7.11. The van der Waals surface area contributed by atoms with Gasteiger partial charge in [-0.25, -0.2) is 0 Å². The summed E-state index contributed by atoms with van der Waals surface area (Å²) >= 11 is 0. The largest absolute Gasteiger partial charge is 0.372 e. The summed E-state index contributed by atoms with van der Waals surface area (Å²) in [4.78, 5) is 29.5. The van der Waals surface area contributed by atoms with Crippen molar-refractivity contribution >= 4 is 22.6 Å². The highest BCUT2D eigenvalue weighted by Gasteiger charge is 2.31. The highest BCUT2D eigenvalue weighted by Crippen LogP contribution is 2.20. The van der Waals surface area contributed by atoms with Gasteiger partial charge in [0.1, 0.15) is 0 Å². The molecule has 1 aromatic heterocycles. The van der Waals surface area contributed by atoms with Gasteiger partial charge in [-0.15, -0.1) is 0 Å². The van der Waals surface area contributed by atoms with E-state index < -0.39 is 11.7 Å². The number of carbonyl (C=O) groups excluding carboxylic acids is 2. The van der Waals surface area contributed by atoms with Gasteiger partial charge in [0.25, 0.3) is 11.7 Å². The standard InChI is InChI=1S/C16H18N2O3/c1-10-8-18(9-11(2)21-10)16(20)15(19)13-7-17-14-6-4-3-5-12(13)14/h3-7,10-11,17H,8-9H2,1-2H3. The zero-order valence-electron chi connectivity index (χ0n) is 12.1. The van der Waals surface area contributed by atoms with Crippen molar-refractivity contribution in [1.82, 2.24) is 9.88 Å². The fourth-order valence-corrected chi connectivity index (χ4v) is 2.86. The van der Waals surface area contributed by atoms with Crippen molar-refractivity contribution in [3.8, 4) is 0 Å². The second kappa shape index (κ2) is 5.33. The predicted octanol–water partition coefficient (Wildman–Crippen LogP) is 1.99. The summed E-state index contributed by atoms with van der Waals surface area (Å²) in [6.45, 7) is 4.73. The molecule has 5 heteroatoms. The molecule has 0 aliphatic carbocycles. The molecule has 1 aromatic carbocycles. The second-order valence-electron chi connectivity index (χ2n) is 5.54. The molecular formula is C16H18N2O3. The van der Waals surface area contributed by atoms with E-state index in [4.69, 9.17) is 4.74 Å². The lowest BCUT2D eigenvalue weighted by atomic mass is 10.1. The number of benzene rings is 1. The van der Waals surface area contributed by atoms with Gasteiger partial charge in [0.05, 0.1) is 17.8 Å². The minimum Gasteiger partial charge on any atom is -0.372 e. The van der Waals surface area contributed by atoms with Crippen molar-refractivity contribution in [3.63, 3.8) is 0 Å². The summed E-state index contributed by atoms with van der Waals surface area (Å²) in [6, 6.07) is 7.48. The molecule has 1 saturated heterocycles. The second-order valence-corrected chi connectivity index (χ2v) is 5.54. The molecule has 1 amide bonds. The maximum absolute atomic E-state index is 12.5. The Morgan fingerprint density at radius 2 is 1.86 bits per heavy atom. The van der Waals surface area contributed by atoms with Gasteiger partial charge in [-0.3, -0.25) is 9.59 Å². The van der Waals surface area contributed by atoms with E-state index in [1.165, 1.54) is 0 Å². The van der Waals surface area contributed by atoms with Gasteiger partial charge in [0.2, 0.25) is 0 Å². The number of hydrogen-bond donors (Lipinski definition) is 1. The summed E-state index contributed by atoms with van der Waals surface area (Å²) in [7, 11) is 0. The van der Waals surface area contributed by atoms with Crippen LogP contribution >= 0.6 is 0 Å². The lowest BCUT2D eigenvalue weighted by Gasteiger charge is -2.34. The maximum Gasteiger partial charge on any atom is 0.295 e. The fourth-order valence-electron chi connectivity index (χ4n) is 2.86. The summed E-state index contributed by atoms with van der Waals surface area (Å²) in [5, 5.41) is 0.783. The number of fused-ring (bicyclic) bond motifs is 1. The van der Waals surface area contributed by atoms with Crippen LogP contribution in [0.1, 0.15) is 24.2 Å². The highest BCUT2D eigenvalue weighted by atomic mass is 16.5. The van der Waals surface area contributed by atoms with Crippen LogP contribution in [-0.4, -0.2) is 46.9 Å². The molecular weight excluding hydrogens is 268 g/mol. The topological polar surface area (TPSA) is 62.4 Å². The Morgan fingerprint density at radius 3 is 2.57 bits per heavy atom. The molecule has 0 bridgehead atoms. The number of ether oxygens (including phenoxy) is 1. The lowest BCUT2D eigenvalue weighted by Crippen LogP contribution is -2.50.